The molecule has 0 aliphatic carbocycles. The Hall–Kier alpha value is -2.81. The molecule has 1 aliphatic rings. The first-order valence-electron chi connectivity index (χ1n) is 8.75. The topological polar surface area (TPSA) is 83.5 Å². The maximum absolute atomic E-state index is 12.5. The van der Waals surface area contributed by atoms with Crippen LogP contribution in [0.15, 0.2) is 21.3 Å². The zero-order valence-electron chi connectivity index (χ0n) is 15.3. The molecule has 136 valence electrons. The van der Waals surface area contributed by atoms with Crippen molar-refractivity contribution in [3.8, 4) is 11.8 Å². The Bertz CT molecular complexity index is 955. The van der Waals surface area contributed by atoms with Crippen molar-refractivity contribution >= 4 is 16.9 Å². The van der Waals surface area contributed by atoms with E-state index in [1.165, 1.54) is 0 Å². The predicted octanol–water partition coefficient (Wildman–Crippen LogP) is 2.86. The quantitative estimate of drug-likeness (QED) is 0.792. The van der Waals surface area contributed by atoms with Gasteiger partial charge in [-0.15, -0.1) is 0 Å². The predicted molar refractivity (Wildman–Crippen MR) is 97.1 cm³/mol. The van der Waals surface area contributed by atoms with Crippen molar-refractivity contribution < 1.29 is 13.9 Å². The van der Waals surface area contributed by atoms with Crippen LogP contribution in [0.4, 0.5) is 0 Å². The van der Waals surface area contributed by atoms with Crippen molar-refractivity contribution in [1.82, 2.24) is 4.90 Å². The van der Waals surface area contributed by atoms with E-state index in [1.807, 2.05) is 19.9 Å². The van der Waals surface area contributed by atoms with E-state index < -0.39 is 0 Å². The van der Waals surface area contributed by atoms with E-state index in [0.717, 1.165) is 24.0 Å². The Balaban J connectivity index is 1.85. The minimum Gasteiger partial charge on any atom is -0.483 e. The molecule has 1 aliphatic heterocycles. The number of fused-ring (bicyclic) bond motifs is 1. The summed E-state index contributed by atoms with van der Waals surface area (Å²) < 4.78 is 11.2. The number of nitriles is 1. The van der Waals surface area contributed by atoms with Gasteiger partial charge in [-0.05, 0) is 56.9 Å². The van der Waals surface area contributed by atoms with Crippen LogP contribution in [0.5, 0.6) is 5.75 Å². The lowest BCUT2D eigenvalue weighted by Crippen LogP contribution is -2.41. The summed E-state index contributed by atoms with van der Waals surface area (Å²) in [5.41, 5.74) is 2.31. The van der Waals surface area contributed by atoms with Gasteiger partial charge < -0.3 is 14.1 Å². The number of amides is 1. The van der Waals surface area contributed by atoms with Gasteiger partial charge in [0.15, 0.2) is 6.61 Å². The van der Waals surface area contributed by atoms with Crippen molar-refractivity contribution in [2.75, 3.05) is 19.7 Å². The number of piperidine rings is 1. The van der Waals surface area contributed by atoms with Crippen molar-refractivity contribution in [3.63, 3.8) is 0 Å². The lowest BCUT2D eigenvalue weighted by atomic mass is 10.00. The normalized spacial score (nSPS) is 17.2. The van der Waals surface area contributed by atoms with E-state index in [1.54, 1.807) is 17.9 Å². The molecule has 1 unspecified atom stereocenters. The fraction of sp³-hybridized carbons (Fsp3) is 0.450. The zero-order chi connectivity index (χ0) is 18.8. The Morgan fingerprint density at radius 1 is 1.35 bits per heavy atom. The number of rotatable bonds is 3. The van der Waals surface area contributed by atoms with E-state index >= 15 is 0 Å². The zero-order valence-corrected chi connectivity index (χ0v) is 15.3. The minimum absolute atomic E-state index is 0.103. The molecule has 0 radical (unpaired) electrons. The molecule has 3 rings (SSSR count). The molecule has 0 bridgehead atoms. The summed E-state index contributed by atoms with van der Waals surface area (Å²) in [6.45, 7) is 6.45. The summed E-state index contributed by atoms with van der Waals surface area (Å²) in [6.07, 6.45) is 1.67. The van der Waals surface area contributed by atoms with Crippen LogP contribution in [-0.4, -0.2) is 30.5 Å². The lowest BCUT2D eigenvalue weighted by molar-refractivity contribution is -0.134. The lowest BCUT2D eigenvalue weighted by Gasteiger charge is -2.29. The number of likely N-dealkylation sites (tertiary alicyclic amines) is 1. The van der Waals surface area contributed by atoms with Gasteiger partial charge in [0.05, 0.1) is 17.4 Å². The first kappa shape index (κ1) is 18.0. The van der Waals surface area contributed by atoms with E-state index in [4.69, 9.17) is 14.4 Å². The molecule has 1 atom stereocenters. The van der Waals surface area contributed by atoms with E-state index in [9.17, 15) is 9.59 Å². The Morgan fingerprint density at radius 2 is 2.12 bits per heavy atom. The average Bonchev–Trinajstić information content (AvgIpc) is 2.63. The van der Waals surface area contributed by atoms with Gasteiger partial charge in [0.1, 0.15) is 11.3 Å². The first-order valence-corrected chi connectivity index (χ1v) is 8.75. The third kappa shape index (κ3) is 3.43. The van der Waals surface area contributed by atoms with Crippen molar-refractivity contribution in [2.45, 2.75) is 33.6 Å². The van der Waals surface area contributed by atoms with Gasteiger partial charge in [0.2, 0.25) is 0 Å². The Morgan fingerprint density at radius 3 is 2.85 bits per heavy atom. The maximum atomic E-state index is 12.5. The van der Waals surface area contributed by atoms with Crippen molar-refractivity contribution in [3.05, 3.63) is 39.2 Å². The van der Waals surface area contributed by atoms with Crippen molar-refractivity contribution in [2.24, 2.45) is 5.92 Å². The van der Waals surface area contributed by atoms with E-state index in [2.05, 4.69) is 6.07 Å². The van der Waals surface area contributed by atoms with Crippen molar-refractivity contribution in [1.29, 1.82) is 5.26 Å². The van der Waals surface area contributed by atoms with Crippen LogP contribution in [-0.2, 0) is 4.79 Å². The van der Waals surface area contributed by atoms with Crippen LogP contribution < -0.4 is 10.4 Å². The van der Waals surface area contributed by atoms with Crippen LogP contribution in [0, 0.1) is 38.0 Å². The summed E-state index contributed by atoms with van der Waals surface area (Å²) >= 11 is 0. The number of carbonyl (C=O) groups excluding carboxylic acids is 1. The third-order valence-corrected chi connectivity index (χ3v) is 4.96. The maximum Gasteiger partial charge on any atom is 0.339 e. The Labute approximate surface area is 152 Å². The number of nitrogens with zero attached hydrogens (tertiary/aromatic N) is 2. The molecule has 6 nitrogen and oxygen atoms in total. The molecule has 2 aromatic rings. The molecule has 1 amide bonds. The van der Waals surface area contributed by atoms with Gasteiger partial charge in [-0.25, -0.2) is 4.79 Å². The monoisotopic (exact) mass is 354 g/mol. The molecule has 0 N–H and O–H groups in total. The van der Waals surface area contributed by atoms with Crippen LogP contribution in [0.2, 0.25) is 0 Å². The van der Waals surface area contributed by atoms with Gasteiger partial charge in [0.25, 0.3) is 5.91 Å². The summed E-state index contributed by atoms with van der Waals surface area (Å²) in [4.78, 5) is 26.1. The molecule has 1 saturated heterocycles. The number of aryl methyl sites for hydroxylation is 2. The molecule has 0 saturated carbocycles. The molecule has 1 aromatic heterocycles. The molecular weight excluding hydrogens is 332 g/mol. The smallest absolute Gasteiger partial charge is 0.339 e. The highest BCUT2D eigenvalue weighted by Gasteiger charge is 2.24. The summed E-state index contributed by atoms with van der Waals surface area (Å²) in [6, 6.07) is 5.87. The number of hydrogen-bond donors (Lipinski definition) is 0. The second kappa shape index (κ2) is 7.20. The number of ether oxygens (including phenoxy) is 1. The van der Waals surface area contributed by atoms with Gasteiger partial charge >= 0.3 is 5.63 Å². The largest absolute Gasteiger partial charge is 0.483 e. The number of hydrogen-bond acceptors (Lipinski definition) is 5. The van der Waals surface area contributed by atoms with Gasteiger partial charge in [-0.3, -0.25) is 4.79 Å². The second-order valence-electron chi connectivity index (χ2n) is 6.87. The highest BCUT2D eigenvalue weighted by Crippen LogP contribution is 2.31. The fourth-order valence-corrected chi connectivity index (χ4v) is 3.34. The first-order chi connectivity index (χ1) is 12.4. The summed E-state index contributed by atoms with van der Waals surface area (Å²) in [5, 5.41) is 9.79. The van der Waals surface area contributed by atoms with Gasteiger partial charge in [-0.2, -0.15) is 5.26 Å². The fourth-order valence-electron chi connectivity index (χ4n) is 3.34. The molecule has 26 heavy (non-hydrogen) atoms. The SMILES string of the molecule is Cc1cc(OCC(=O)N2CCCC(C#N)C2)c2c(C)c(C)c(=O)oc2c1. The summed E-state index contributed by atoms with van der Waals surface area (Å²) in [5.74, 6) is 0.296. The summed E-state index contributed by atoms with van der Waals surface area (Å²) in [7, 11) is 0. The van der Waals surface area contributed by atoms with E-state index in [0.29, 0.717) is 35.4 Å². The highest BCUT2D eigenvalue weighted by molar-refractivity contribution is 5.88. The van der Waals surface area contributed by atoms with Crippen LogP contribution in [0.1, 0.15) is 29.5 Å². The molecule has 6 heteroatoms. The van der Waals surface area contributed by atoms with E-state index in [-0.39, 0.29) is 24.1 Å². The number of carbonyl (C=O) groups is 1. The molecule has 0 spiro atoms. The number of benzene rings is 1. The molecular formula is C20H22N2O4. The van der Waals surface area contributed by atoms with Crippen LogP contribution in [0.3, 0.4) is 0 Å². The van der Waals surface area contributed by atoms with Gasteiger partial charge in [0, 0.05) is 18.7 Å². The third-order valence-electron chi connectivity index (χ3n) is 4.96. The van der Waals surface area contributed by atoms with Gasteiger partial charge in [-0.1, -0.05) is 0 Å². The Kier molecular flexibility index (Phi) is 4.99. The average molecular weight is 354 g/mol. The second-order valence-corrected chi connectivity index (χ2v) is 6.87. The molecule has 1 aromatic carbocycles. The van der Waals surface area contributed by atoms with Crippen LogP contribution in [0.25, 0.3) is 11.0 Å². The molecule has 2 heterocycles. The van der Waals surface area contributed by atoms with Crippen LogP contribution >= 0.6 is 0 Å². The highest BCUT2D eigenvalue weighted by atomic mass is 16.5. The molecule has 1 fully saturated rings. The standard InChI is InChI=1S/C20H22N2O4/c1-12-7-16(19-13(2)14(3)20(24)26-17(19)8-12)25-11-18(23)22-6-4-5-15(9-21)10-22/h7-8,15H,4-6,10-11H2,1-3H3. The minimum atomic E-state index is -0.363.